The monoisotopic (exact) mass is 170 g/mol. The Bertz CT molecular complexity index is 126. The molecule has 12 heavy (non-hydrogen) atoms. The van der Waals surface area contributed by atoms with Gasteiger partial charge in [0.2, 0.25) is 0 Å². The van der Waals surface area contributed by atoms with Crippen molar-refractivity contribution in [2.24, 2.45) is 17.6 Å². The first-order valence-electron chi connectivity index (χ1n) is 5.05. The van der Waals surface area contributed by atoms with E-state index >= 15 is 0 Å². The summed E-state index contributed by atoms with van der Waals surface area (Å²) in [5.41, 5.74) is 6.12. The van der Waals surface area contributed by atoms with Gasteiger partial charge in [0.15, 0.2) is 0 Å². The van der Waals surface area contributed by atoms with Crippen molar-refractivity contribution in [2.45, 2.75) is 32.7 Å². The van der Waals surface area contributed by atoms with E-state index in [4.69, 9.17) is 5.73 Å². The van der Waals surface area contributed by atoms with Crippen LogP contribution in [0, 0.1) is 11.8 Å². The van der Waals surface area contributed by atoms with Crippen LogP contribution in [0.1, 0.15) is 26.7 Å². The van der Waals surface area contributed by atoms with E-state index in [1.165, 1.54) is 25.9 Å². The fraction of sp³-hybridized carbons (Fsp3) is 1.00. The molecular weight excluding hydrogens is 148 g/mol. The molecule has 0 spiro atoms. The fourth-order valence-corrected chi connectivity index (χ4v) is 1.96. The minimum absolute atomic E-state index is 0.415. The highest BCUT2D eigenvalue weighted by atomic mass is 15.1. The molecule has 0 aliphatic carbocycles. The molecule has 0 amide bonds. The summed E-state index contributed by atoms with van der Waals surface area (Å²) in [6, 6.07) is 0.415. The second-order valence-electron chi connectivity index (χ2n) is 4.46. The van der Waals surface area contributed by atoms with E-state index in [-0.39, 0.29) is 0 Å². The van der Waals surface area contributed by atoms with E-state index in [0.29, 0.717) is 12.0 Å². The van der Waals surface area contributed by atoms with Crippen molar-refractivity contribution in [2.75, 3.05) is 20.1 Å². The van der Waals surface area contributed by atoms with Crippen LogP contribution in [0.3, 0.4) is 0 Å². The molecule has 72 valence electrons. The summed E-state index contributed by atoms with van der Waals surface area (Å²) in [5, 5.41) is 0. The van der Waals surface area contributed by atoms with Gasteiger partial charge < -0.3 is 10.6 Å². The maximum atomic E-state index is 6.12. The molecule has 1 atom stereocenters. The Labute approximate surface area is 76.1 Å². The molecule has 0 radical (unpaired) electrons. The molecule has 0 bridgehead atoms. The van der Waals surface area contributed by atoms with E-state index in [0.717, 1.165) is 5.92 Å². The quantitative estimate of drug-likeness (QED) is 0.677. The van der Waals surface area contributed by atoms with E-state index in [9.17, 15) is 0 Å². The number of likely N-dealkylation sites (tertiary alicyclic amines) is 1. The van der Waals surface area contributed by atoms with E-state index in [2.05, 4.69) is 25.8 Å². The van der Waals surface area contributed by atoms with Gasteiger partial charge >= 0.3 is 0 Å². The Hall–Kier alpha value is -0.0800. The van der Waals surface area contributed by atoms with Gasteiger partial charge in [-0.1, -0.05) is 13.8 Å². The van der Waals surface area contributed by atoms with Crippen molar-refractivity contribution in [1.29, 1.82) is 0 Å². The van der Waals surface area contributed by atoms with Crippen molar-refractivity contribution in [1.82, 2.24) is 4.90 Å². The number of hydrogen-bond donors (Lipinski definition) is 1. The first kappa shape index (κ1) is 10.0. The summed E-state index contributed by atoms with van der Waals surface area (Å²) in [6.45, 7) is 6.90. The average Bonchev–Trinajstić information content (AvgIpc) is 2.04. The summed E-state index contributed by atoms with van der Waals surface area (Å²) < 4.78 is 0. The lowest BCUT2D eigenvalue weighted by atomic mass is 9.84. The van der Waals surface area contributed by atoms with Gasteiger partial charge in [0, 0.05) is 6.04 Å². The van der Waals surface area contributed by atoms with Crippen LogP contribution in [0.15, 0.2) is 0 Å². The van der Waals surface area contributed by atoms with Crippen LogP contribution in [0.5, 0.6) is 0 Å². The third-order valence-electron chi connectivity index (χ3n) is 3.08. The highest BCUT2D eigenvalue weighted by Gasteiger charge is 2.24. The van der Waals surface area contributed by atoms with Gasteiger partial charge in [0.1, 0.15) is 0 Å². The lowest BCUT2D eigenvalue weighted by Gasteiger charge is -2.34. The first-order valence-corrected chi connectivity index (χ1v) is 5.05. The largest absolute Gasteiger partial charge is 0.327 e. The molecule has 1 fully saturated rings. The van der Waals surface area contributed by atoms with Gasteiger partial charge in [0.25, 0.3) is 0 Å². The summed E-state index contributed by atoms with van der Waals surface area (Å²) in [7, 11) is 2.19. The molecule has 0 aromatic rings. The summed E-state index contributed by atoms with van der Waals surface area (Å²) >= 11 is 0. The molecule has 2 nitrogen and oxygen atoms in total. The molecule has 1 aliphatic heterocycles. The molecule has 0 aromatic heterocycles. The van der Waals surface area contributed by atoms with Crippen LogP contribution < -0.4 is 5.73 Å². The van der Waals surface area contributed by atoms with Crippen molar-refractivity contribution in [3.05, 3.63) is 0 Å². The van der Waals surface area contributed by atoms with Crippen molar-refractivity contribution in [3.8, 4) is 0 Å². The smallest absolute Gasteiger partial charge is 0.00913 e. The normalized spacial score (nSPS) is 24.8. The highest BCUT2D eigenvalue weighted by Crippen LogP contribution is 2.22. The van der Waals surface area contributed by atoms with Crippen LogP contribution in [0.4, 0.5) is 0 Å². The Morgan fingerprint density at radius 2 is 1.75 bits per heavy atom. The van der Waals surface area contributed by atoms with Crippen LogP contribution in [0.25, 0.3) is 0 Å². The molecule has 1 heterocycles. The van der Waals surface area contributed by atoms with E-state index in [1.54, 1.807) is 0 Å². The zero-order valence-electron chi connectivity index (χ0n) is 8.59. The molecule has 1 unspecified atom stereocenters. The Kier molecular flexibility index (Phi) is 3.53. The Morgan fingerprint density at radius 1 is 1.25 bits per heavy atom. The maximum absolute atomic E-state index is 6.12. The third-order valence-corrected chi connectivity index (χ3v) is 3.08. The lowest BCUT2D eigenvalue weighted by molar-refractivity contribution is 0.181. The van der Waals surface area contributed by atoms with E-state index in [1.807, 2.05) is 0 Å². The molecular formula is C10H22N2. The van der Waals surface area contributed by atoms with Gasteiger partial charge in [0.05, 0.1) is 0 Å². The number of nitrogens with zero attached hydrogens (tertiary/aromatic N) is 1. The van der Waals surface area contributed by atoms with Gasteiger partial charge in [-0.05, 0) is 44.8 Å². The van der Waals surface area contributed by atoms with Gasteiger partial charge in [-0.15, -0.1) is 0 Å². The molecule has 1 aliphatic rings. The Balaban J connectivity index is 2.34. The van der Waals surface area contributed by atoms with Crippen LogP contribution in [-0.2, 0) is 0 Å². The number of rotatable bonds is 2. The zero-order chi connectivity index (χ0) is 9.14. The van der Waals surface area contributed by atoms with Gasteiger partial charge in [-0.25, -0.2) is 0 Å². The molecule has 1 rings (SSSR count). The Morgan fingerprint density at radius 3 is 2.17 bits per heavy atom. The lowest BCUT2D eigenvalue weighted by Crippen LogP contribution is -2.41. The van der Waals surface area contributed by atoms with Gasteiger partial charge in [-0.3, -0.25) is 0 Å². The number of piperidine rings is 1. The standard InChI is InChI=1S/C10H22N2/c1-8(2)10(11)9-4-6-12(3)7-5-9/h8-10H,4-7,11H2,1-3H3. The molecule has 2 N–H and O–H groups in total. The summed E-state index contributed by atoms with van der Waals surface area (Å²) in [6.07, 6.45) is 2.58. The van der Waals surface area contributed by atoms with Crippen LogP contribution in [0.2, 0.25) is 0 Å². The number of nitrogens with two attached hydrogens (primary N) is 1. The molecule has 2 heteroatoms. The topological polar surface area (TPSA) is 29.3 Å². The predicted molar refractivity (Wildman–Crippen MR) is 53.0 cm³/mol. The van der Waals surface area contributed by atoms with E-state index < -0.39 is 0 Å². The molecule has 0 saturated carbocycles. The minimum Gasteiger partial charge on any atom is -0.327 e. The fourth-order valence-electron chi connectivity index (χ4n) is 1.96. The first-order chi connectivity index (χ1) is 5.61. The number of hydrogen-bond acceptors (Lipinski definition) is 2. The maximum Gasteiger partial charge on any atom is 0.00913 e. The summed E-state index contributed by atoms with van der Waals surface area (Å²) in [4.78, 5) is 2.39. The predicted octanol–water partition coefficient (Wildman–Crippen LogP) is 1.31. The van der Waals surface area contributed by atoms with Crippen molar-refractivity contribution >= 4 is 0 Å². The SMILES string of the molecule is CC(C)C(N)C1CCN(C)CC1. The second kappa shape index (κ2) is 4.24. The van der Waals surface area contributed by atoms with Crippen LogP contribution in [-0.4, -0.2) is 31.1 Å². The highest BCUT2D eigenvalue weighted by molar-refractivity contribution is 4.80. The third kappa shape index (κ3) is 2.46. The van der Waals surface area contributed by atoms with Gasteiger partial charge in [-0.2, -0.15) is 0 Å². The average molecular weight is 170 g/mol. The van der Waals surface area contributed by atoms with Crippen molar-refractivity contribution < 1.29 is 0 Å². The second-order valence-corrected chi connectivity index (χ2v) is 4.46. The zero-order valence-corrected chi connectivity index (χ0v) is 8.59. The molecule has 1 saturated heterocycles. The minimum atomic E-state index is 0.415. The van der Waals surface area contributed by atoms with Crippen molar-refractivity contribution in [3.63, 3.8) is 0 Å². The summed E-state index contributed by atoms with van der Waals surface area (Å²) in [5.74, 6) is 1.40. The van der Waals surface area contributed by atoms with Crippen LogP contribution >= 0.6 is 0 Å². The molecule has 0 aromatic carbocycles.